The monoisotopic (exact) mass is 360 g/mol. The minimum atomic E-state index is 0.220. The van der Waals surface area contributed by atoms with Crippen molar-refractivity contribution in [1.29, 1.82) is 0 Å². The number of benzene rings is 2. The Morgan fingerprint density at radius 2 is 0.889 bits per heavy atom. The minimum absolute atomic E-state index is 0.220. The van der Waals surface area contributed by atoms with Gasteiger partial charge in [-0.3, -0.25) is 0 Å². The van der Waals surface area contributed by atoms with Gasteiger partial charge in [-0.2, -0.15) is 0 Å². The quantitative estimate of drug-likeness (QED) is 0.482. The zero-order chi connectivity index (χ0) is 19.4. The van der Waals surface area contributed by atoms with E-state index in [-0.39, 0.29) is 10.8 Å². The summed E-state index contributed by atoms with van der Waals surface area (Å²) in [5, 5.41) is 0. The largest absolute Gasteiger partial charge is 0.0561 e. The van der Waals surface area contributed by atoms with Crippen molar-refractivity contribution in [3.63, 3.8) is 0 Å². The van der Waals surface area contributed by atoms with E-state index in [1.807, 2.05) is 0 Å². The molecule has 0 unspecified atom stereocenters. The first-order valence-corrected chi connectivity index (χ1v) is 10.9. The van der Waals surface area contributed by atoms with Crippen LogP contribution in [0.3, 0.4) is 0 Å². The Kier molecular flexibility index (Phi) is 4.53. The molecule has 2 aliphatic rings. The van der Waals surface area contributed by atoms with Gasteiger partial charge in [0.05, 0.1) is 0 Å². The molecule has 0 spiro atoms. The van der Waals surface area contributed by atoms with Gasteiger partial charge >= 0.3 is 0 Å². The number of aryl methyl sites for hydroxylation is 2. The van der Waals surface area contributed by atoms with Gasteiger partial charge in [0.2, 0.25) is 0 Å². The molecule has 0 saturated carbocycles. The van der Waals surface area contributed by atoms with Crippen LogP contribution < -0.4 is 0 Å². The second-order valence-corrected chi connectivity index (χ2v) is 10.9. The fourth-order valence-corrected chi connectivity index (χ4v) is 4.95. The van der Waals surface area contributed by atoms with E-state index < -0.39 is 0 Å². The van der Waals surface area contributed by atoms with E-state index in [1.165, 1.54) is 49.7 Å². The summed E-state index contributed by atoms with van der Waals surface area (Å²) >= 11 is 0. The maximum Gasteiger partial charge on any atom is -0.00199 e. The first-order chi connectivity index (χ1) is 12.6. The molecule has 144 valence electrons. The maximum atomic E-state index is 2.54. The Bertz CT molecular complexity index is 795. The molecule has 0 fully saturated rings. The van der Waals surface area contributed by atoms with Crippen molar-refractivity contribution in [1.82, 2.24) is 0 Å². The third-order valence-electron chi connectivity index (χ3n) is 6.75. The maximum absolute atomic E-state index is 2.54. The average Bonchev–Trinajstić information content (AvgIpc) is 2.76. The predicted octanol–water partition coefficient (Wildman–Crippen LogP) is 6.85. The summed E-state index contributed by atoms with van der Waals surface area (Å²) < 4.78 is 0. The van der Waals surface area contributed by atoms with Crippen molar-refractivity contribution in [2.45, 2.75) is 97.3 Å². The second kappa shape index (κ2) is 6.50. The van der Waals surface area contributed by atoms with Gasteiger partial charge in [-0.1, -0.05) is 65.8 Å². The lowest BCUT2D eigenvalue weighted by Crippen LogP contribution is -2.14. The first kappa shape index (κ1) is 18.8. The van der Waals surface area contributed by atoms with Gasteiger partial charge in [-0.05, 0) is 100 Å². The summed E-state index contributed by atoms with van der Waals surface area (Å²) in [6, 6.07) is 10.2. The van der Waals surface area contributed by atoms with Gasteiger partial charge in [0.15, 0.2) is 0 Å². The van der Waals surface area contributed by atoms with Crippen LogP contribution in [0, 0.1) is 0 Å². The van der Waals surface area contributed by atoms with E-state index in [1.54, 1.807) is 33.4 Å². The third kappa shape index (κ3) is 3.60. The molecule has 0 atom stereocenters. The van der Waals surface area contributed by atoms with E-state index in [4.69, 9.17) is 0 Å². The lowest BCUT2D eigenvalue weighted by Gasteiger charge is -2.24. The molecule has 2 aromatic rings. The number of rotatable bonds is 0. The highest BCUT2D eigenvalue weighted by atomic mass is 14.3. The van der Waals surface area contributed by atoms with E-state index in [2.05, 4.69) is 65.8 Å². The molecule has 2 aliphatic carbocycles. The molecule has 0 nitrogen and oxygen atoms in total. The molecular weight excluding hydrogens is 324 g/mol. The van der Waals surface area contributed by atoms with Crippen LogP contribution in [0.5, 0.6) is 0 Å². The van der Waals surface area contributed by atoms with Crippen LogP contribution in [0.2, 0.25) is 0 Å². The van der Waals surface area contributed by atoms with Crippen LogP contribution in [0.15, 0.2) is 24.3 Å². The second-order valence-electron chi connectivity index (χ2n) is 10.9. The summed E-state index contributed by atoms with van der Waals surface area (Å²) in [4.78, 5) is 0. The third-order valence-corrected chi connectivity index (χ3v) is 6.75. The fourth-order valence-electron chi connectivity index (χ4n) is 4.95. The van der Waals surface area contributed by atoms with Crippen LogP contribution in [0.25, 0.3) is 0 Å². The van der Waals surface area contributed by atoms with Gasteiger partial charge in [0.1, 0.15) is 0 Å². The Morgan fingerprint density at radius 1 is 0.519 bits per heavy atom. The molecular formula is C27H36. The molecule has 0 N–H and O–H groups in total. The number of fused-ring (bicyclic) bond motifs is 1. The van der Waals surface area contributed by atoms with Crippen molar-refractivity contribution in [3.05, 3.63) is 68.8 Å². The van der Waals surface area contributed by atoms with E-state index >= 15 is 0 Å². The first-order valence-electron chi connectivity index (χ1n) is 10.9. The molecule has 0 heteroatoms. The van der Waals surface area contributed by atoms with Crippen LogP contribution in [0.1, 0.15) is 98.9 Å². The van der Waals surface area contributed by atoms with Gasteiger partial charge in [-0.15, -0.1) is 0 Å². The van der Waals surface area contributed by atoms with E-state index in [0.29, 0.717) is 0 Å². The van der Waals surface area contributed by atoms with Crippen LogP contribution in [-0.2, 0) is 42.9 Å². The van der Waals surface area contributed by atoms with Gasteiger partial charge in [0.25, 0.3) is 0 Å². The molecule has 4 rings (SSSR count). The molecule has 0 saturated heterocycles. The fraction of sp³-hybridized carbons (Fsp3) is 0.556. The van der Waals surface area contributed by atoms with Crippen molar-refractivity contribution in [2.75, 3.05) is 0 Å². The van der Waals surface area contributed by atoms with E-state index in [9.17, 15) is 0 Å². The van der Waals surface area contributed by atoms with Crippen LogP contribution >= 0.6 is 0 Å². The van der Waals surface area contributed by atoms with Crippen molar-refractivity contribution < 1.29 is 0 Å². The molecule has 27 heavy (non-hydrogen) atoms. The molecule has 2 aromatic carbocycles. The molecule has 0 heterocycles. The lowest BCUT2D eigenvalue weighted by atomic mass is 9.81. The van der Waals surface area contributed by atoms with Crippen LogP contribution in [0.4, 0.5) is 0 Å². The summed E-state index contributed by atoms with van der Waals surface area (Å²) in [5.41, 5.74) is 13.3. The lowest BCUT2D eigenvalue weighted by molar-refractivity contribution is 0.586. The molecule has 0 aliphatic heterocycles. The van der Waals surface area contributed by atoms with Gasteiger partial charge in [-0.25, -0.2) is 0 Å². The molecule has 0 radical (unpaired) electrons. The molecule has 2 bridgehead atoms. The van der Waals surface area contributed by atoms with Crippen molar-refractivity contribution >= 4 is 0 Å². The van der Waals surface area contributed by atoms with E-state index in [0.717, 1.165) is 6.42 Å². The molecule has 0 amide bonds. The van der Waals surface area contributed by atoms with Crippen molar-refractivity contribution in [3.8, 4) is 0 Å². The Morgan fingerprint density at radius 3 is 1.26 bits per heavy atom. The van der Waals surface area contributed by atoms with Crippen LogP contribution in [-0.4, -0.2) is 0 Å². The number of hydrogen-bond acceptors (Lipinski definition) is 0. The minimum Gasteiger partial charge on any atom is -0.0561 e. The molecule has 0 aromatic heterocycles. The normalized spacial score (nSPS) is 17.0. The summed E-state index contributed by atoms with van der Waals surface area (Å²) in [5.74, 6) is 0. The topological polar surface area (TPSA) is 0 Å². The zero-order valence-electron chi connectivity index (χ0n) is 18.3. The highest BCUT2D eigenvalue weighted by Crippen LogP contribution is 2.37. The Labute approximate surface area is 166 Å². The van der Waals surface area contributed by atoms with Gasteiger partial charge < -0.3 is 0 Å². The summed E-state index contributed by atoms with van der Waals surface area (Å²) in [6.07, 6.45) is 8.71. The standard InChI is InChI=1S/C27H36/c1-26(2,3)22-14-18-9-7-8-10-19-15-23(27(4,5)6)17-21-13-20(16-22)24(18)11-12-25(19)21/h14-17H,7-13H2,1-6H3. The number of hydrogen-bond donors (Lipinski definition) is 0. The smallest absolute Gasteiger partial charge is 0.00199 e. The SMILES string of the molecule is CC(C)(C)c1cc2c3c(c1)Cc1cc(C(C)(C)C)cc(c1CC3)CCCC2. The summed E-state index contributed by atoms with van der Waals surface area (Å²) in [6.45, 7) is 14.1. The van der Waals surface area contributed by atoms with Crippen molar-refractivity contribution in [2.24, 2.45) is 0 Å². The summed E-state index contributed by atoms with van der Waals surface area (Å²) in [7, 11) is 0. The Hall–Kier alpha value is -1.56. The zero-order valence-corrected chi connectivity index (χ0v) is 18.3. The predicted molar refractivity (Wildman–Crippen MR) is 117 cm³/mol. The average molecular weight is 361 g/mol. The van der Waals surface area contributed by atoms with Gasteiger partial charge in [0, 0.05) is 0 Å². The highest BCUT2D eigenvalue weighted by molar-refractivity contribution is 5.51. The Balaban J connectivity index is 1.93. The highest BCUT2D eigenvalue weighted by Gasteiger charge is 2.25.